The van der Waals surface area contributed by atoms with Gasteiger partial charge in [0.15, 0.2) is 31.0 Å². The molecule has 0 spiro atoms. The predicted octanol–water partition coefficient (Wildman–Crippen LogP) is 17.1. The van der Waals surface area contributed by atoms with Crippen molar-refractivity contribution in [3.8, 4) is 56.3 Å². The van der Waals surface area contributed by atoms with Crippen LogP contribution >= 0.6 is 0 Å². The molecular weight excluding hydrogens is 1020 g/mol. The highest BCUT2D eigenvalue weighted by Crippen LogP contribution is 2.28. The molecule has 5 heteroatoms. The first-order valence-electron chi connectivity index (χ1n) is 30.4. The number of nitrogens with zero attached hydrogens (tertiary/aromatic N) is 5. The van der Waals surface area contributed by atoms with Crippen molar-refractivity contribution < 1.29 is 22.8 Å². The van der Waals surface area contributed by atoms with Crippen molar-refractivity contribution in [1.29, 1.82) is 0 Å². The van der Waals surface area contributed by atoms with Crippen LogP contribution in [0, 0.1) is 47.5 Å². The SMILES string of the molecule is CCC(C)c1ccc(-c2cccc[n+]2C)c(C)c1.CCc1ccc(-c2cccc[n+]2C)c(C)c1.Cc1cc(C(C)C)ccc1-c1cccc[n+]1C.Cc1cc(CC(C)C)ccc1-c1cccc[n+]1C.Cc1ccc(-c2cccc[n+]2C)c(C)c1. The fourth-order valence-corrected chi connectivity index (χ4v) is 10.8. The Morgan fingerprint density at radius 3 is 0.940 bits per heavy atom. The van der Waals surface area contributed by atoms with E-state index in [1.165, 1.54) is 118 Å². The normalized spacial score (nSPS) is 11.0. The highest BCUT2D eigenvalue weighted by molar-refractivity contribution is 5.65. The van der Waals surface area contributed by atoms with Crippen LogP contribution in [0.4, 0.5) is 0 Å². The van der Waals surface area contributed by atoms with Crippen LogP contribution in [0.15, 0.2) is 213 Å². The Balaban J connectivity index is 0.000000169. The van der Waals surface area contributed by atoms with Crippen molar-refractivity contribution in [2.45, 2.75) is 121 Å². The lowest BCUT2D eigenvalue weighted by atomic mass is 9.94. The van der Waals surface area contributed by atoms with Crippen molar-refractivity contribution in [3.05, 3.63) is 269 Å². The molecule has 0 amide bonds. The molecule has 5 nitrogen and oxygen atoms in total. The molecule has 10 aromatic rings. The van der Waals surface area contributed by atoms with Crippen molar-refractivity contribution in [1.82, 2.24) is 0 Å². The van der Waals surface area contributed by atoms with Gasteiger partial charge in [-0.15, -0.1) is 0 Å². The molecule has 0 aliphatic rings. The van der Waals surface area contributed by atoms with Crippen LogP contribution in [0.25, 0.3) is 56.3 Å². The molecule has 10 rings (SSSR count). The Bertz CT molecular complexity index is 3730. The summed E-state index contributed by atoms with van der Waals surface area (Å²) >= 11 is 0. The second-order valence-electron chi connectivity index (χ2n) is 23.7. The van der Waals surface area contributed by atoms with Gasteiger partial charge >= 0.3 is 0 Å². The Morgan fingerprint density at radius 2 is 0.631 bits per heavy atom. The molecular formula is C79H98N5+5. The molecule has 0 fully saturated rings. The van der Waals surface area contributed by atoms with Crippen LogP contribution < -0.4 is 22.8 Å². The molecule has 0 saturated carbocycles. The summed E-state index contributed by atoms with van der Waals surface area (Å²) in [5.74, 6) is 1.94. The van der Waals surface area contributed by atoms with Gasteiger partial charge in [-0.1, -0.05) is 115 Å². The summed E-state index contributed by atoms with van der Waals surface area (Å²) in [6.07, 6.45) is 13.9. The molecule has 0 radical (unpaired) electrons. The highest BCUT2D eigenvalue weighted by Gasteiger charge is 2.17. The number of hydrogen-bond donors (Lipinski definition) is 0. The third-order valence-electron chi connectivity index (χ3n) is 16.0. The van der Waals surface area contributed by atoms with Gasteiger partial charge in [0.25, 0.3) is 0 Å². The van der Waals surface area contributed by atoms with Crippen LogP contribution in [0.1, 0.15) is 122 Å². The van der Waals surface area contributed by atoms with E-state index in [-0.39, 0.29) is 0 Å². The third kappa shape index (κ3) is 17.9. The zero-order chi connectivity index (χ0) is 61.0. The van der Waals surface area contributed by atoms with E-state index >= 15 is 0 Å². The van der Waals surface area contributed by atoms with Gasteiger partial charge < -0.3 is 0 Å². The van der Waals surface area contributed by atoms with Crippen molar-refractivity contribution in [2.75, 3.05) is 0 Å². The molecule has 434 valence electrons. The van der Waals surface area contributed by atoms with E-state index in [0.717, 1.165) is 12.8 Å². The summed E-state index contributed by atoms with van der Waals surface area (Å²) in [4.78, 5) is 0. The molecule has 5 aromatic carbocycles. The zero-order valence-electron chi connectivity index (χ0n) is 54.3. The number of rotatable bonds is 11. The average Bonchev–Trinajstić information content (AvgIpc) is 3.48. The summed E-state index contributed by atoms with van der Waals surface area (Å²) in [7, 11) is 10.4. The lowest BCUT2D eigenvalue weighted by Crippen LogP contribution is -2.30. The van der Waals surface area contributed by atoms with Crippen LogP contribution in [-0.4, -0.2) is 0 Å². The van der Waals surface area contributed by atoms with Gasteiger partial charge in [-0.25, -0.2) is 22.8 Å². The van der Waals surface area contributed by atoms with Gasteiger partial charge in [0.2, 0.25) is 28.5 Å². The average molecular weight is 1120 g/mol. The smallest absolute Gasteiger partial charge is 0.201 e. The molecule has 5 heterocycles. The van der Waals surface area contributed by atoms with Gasteiger partial charge in [0.1, 0.15) is 35.2 Å². The fraction of sp³-hybridized carbons (Fsp3) is 0.304. The van der Waals surface area contributed by atoms with E-state index in [1.807, 2.05) is 6.07 Å². The minimum atomic E-state index is 0.590. The molecule has 0 bridgehead atoms. The van der Waals surface area contributed by atoms with Gasteiger partial charge in [-0.05, 0) is 189 Å². The number of aryl methyl sites for hydroxylation is 12. The van der Waals surface area contributed by atoms with E-state index in [2.05, 4.69) is 355 Å². The predicted molar refractivity (Wildman–Crippen MR) is 354 cm³/mol. The maximum atomic E-state index is 2.33. The zero-order valence-corrected chi connectivity index (χ0v) is 54.3. The van der Waals surface area contributed by atoms with E-state index < -0.39 is 0 Å². The summed E-state index contributed by atoms with van der Waals surface area (Å²) in [6, 6.07) is 65.3. The summed E-state index contributed by atoms with van der Waals surface area (Å²) in [5, 5.41) is 0. The Hall–Kier alpha value is -8.15. The summed E-state index contributed by atoms with van der Waals surface area (Å²) < 4.78 is 10.8. The number of pyridine rings is 5. The number of hydrogen-bond acceptors (Lipinski definition) is 0. The fourth-order valence-electron chi connectivity index (χ4n) is 10.8. The monoisotopic (exact) mass is 1120 g/mol. The van der Waals surface area contributed by atoms with Crippen LogP contribution in [0.3, 0.4) is 0 Å². The maximum Gasteiger partial charge on any atom is 0.212 e. The van der Waals surface area contributed by atoms with Crippen molar-refractivity contribution in [2.24, 2.45) is 41.2 Å². The molecule has 0 aliphatic heterocycles. The molecule has 5 aromatic heterocycles. The quantitative estimate of drug-likeness (QED) is 0.115. The van der Waals surface area contributed by atoms with Crippen LogP contribution in [-0.2, 0) is 48.1 Å². The van der Waals surface area contributed by atoms with E-state index in [4.69, 9.17) is 0 Å². The summed E-state index contributed by atoms with van der Waals surface area (Å²) in [5.41, 5.74) is 26.7. The first kappa shape index (κ1) is 65.0. The first-order valence-corrected chi connectivity index (χ1v) is 30.4. The largest absolute Gasteiger partial charge is 0.212 e. The van der Waals surface area contributed by atoms with E-state index in [0.29, 0.717) is 17.8 Å². The lowest BCUT2D eigenvalue weighted by molar-refractivity contribution is -0.660. The number of benzene rings is 5. The van der Waals surface area contributed by atoms with E-state index in [1.54, 1.807) is 0 Å². The first-order chi connectivity index (χ1) is 40.2. The standard InChI is InChI=1S/2C17H22N.C16H20N.C15H18N.C14H16N/c1-13(2)11-15-8-9-16(14(3)12-15)17-7-5-6-10-18(17)4;1-5-13(2)15-9-10-16(14(3)12-15)17-8-6-7-11-18(17)4;1-12(2)14-8-9-15(13(3)11-14)16-7-5-6-10-17(16)4;1-4-13-8-9-14(12(2)11-13)15-7-5-6-10-16(15)3;1-11-7-8-13(12(2)10-11)14-6-4-5-9-15(14)3/h5-10,12-13H,11H2,1-4H3;6-13H,5H2,1-4H3;5-12H,1-4H3;5-11H,4H2,1-3H3;4-10H,1-3H3/q5*+1. The van der Waals surface area contributed by atoms with Crippen LogP contribution in [0.5, 0.6) is 0 Å². The Labute approximate surface area is 507 Å². The van der Waals surface area contributed by atoms with Crippen LogP contribution in [0.2, 0.25) is 0 Å². The van der Waals surface area contributed by atoms with Gasteiger partial charge in [0, 0.05) is 88.5 Å². The molecule has 0 aliphatic carbocycles. The number of aromatic nitrogens is 5. The maximum absolute atomic E-state index is 2.33. The van der Waals surface area contributed by atoms with Crippen molar-refractivity contribution in [3.63, 3.8) is 0 Å². The molecule has 0 saturated heterocycles. The second kappa shape index (κ2) is 31.5. The van der Waals surface area contributed by atoms with Gasteiger partial charge in [-0.2, -0.15) is 0 Å². The Morgan fingerprint density at radius 1 is 0.321 bits per heavy atom. The molecule has 84 heavy (non-hydrogen) atoms. The third-order valence-corrected chi connectivity index (χ3v) is 16.0. The molecule has 0 N–H and O–H groups in total. The summed E-state index contributed by atoms with van der Waals surface area (Å²) in [6.45, 7) is 28.8. The lowest BCUT2D eigenvalue weighted by Gasteiger charge is -2.12. The highest BCUT2D eigenvalue weighted by atomic mass is 14.9. The van der Waals surface area contributed by atoms with Crippen molar-refractivity contribution >= 4 is 0 Å². The second-order valence-corrected chi connectivity index (χ2v) is 23.7. The minimum Gasteiger partial charge on any atom is -0.201 e. The Kier molecular flexibility index (Phi) is 24.4. The van der Waals surface area contributed by atoms with E-state index in [9.17, 15) is 0 Å². The van der Waals surface area contributed by atoms with Gasteiger partial charge in [0.05, 0.1) is 0 Å². The topological polar surface area (TPSA) is 19.4 Å². The molecule has 1 atom stereocenters. The minimum absolute atomic E-state index is 0.590. The van der Waals surface area contributed by atoms with Gasteiger partial charge in [-0.3, -0.25) is 0 Å². The molecule has 1 unspecified atom stereocenters.